The molecular weight excluding hydrogens is 278 g/mol. The highest BCUT2D eigenvalue weighted by Crippen LogP contribution is 2.23. The number of ether oxygens (including phenoxy) is 1. The second kappa shape index (κ2) is 7.70. The number of nitrogens with two attached hydrogens (primary N) is 1. The minimum atomic E-state index is -2.90. The summed E-state index contributed by atoms with van der Waals surface area (Å²) in [7, 11) is -2.90. The van der Waals surface area contributed by atoms with Gasteiger partial charge < -0.3 is 4.74 Å². The van der Waals surface area contributed by atoms with Crippen LogP contribution in [0, 0.1) is 0 Å². The number of nitrogens with zero attached hydrogens (tertiary/aromatic N) is 1. The molecule has 20 heavy (non-hydrogen) atoms. The number of hydrazine groups is 1. The zero-order chi connectivity index (χ0) is 15.2. The van der Waals surface area contributed by atoms with Gasteiger partial charge in [-0.3, -0.25) is 16.2 Å². The van der Waals surface area contributed by atoms with Crippen LogP contribution in [0.15, 0.2) is 0 Å². The molecule has 7 heteroatoms. The van der Waals surface area contributed by atoms with Crippen molar-refractivity contribution < 1.29 is 13.2 Å². The van der Waals surface area contributed by atoms with Crippen LogP contribution in [-0.4, -0.2) is 62.7 Å². The van der Waals surface area contributed by atoms with Crippen LogP contribution in [-0.2, 0) is 14.6 Å². The van der Waals surface area contributed by atoms with Crippen molar-refractivity contribution >= 4 is 9.84 Å². The standard InChI is InChI=1S/C13H29N3O3S/c1-4-20(17,18)11-5-6-12(15-14)13(2,3)16-7-9-19-10-8-16/h12,15H,4-11,14H2,1-3H3. The third-order valence-electron chi connectivity index (χ3n) is 4.27. The van der Waals surface area contributed by atoms with Gasteiger partial charge in [-0.15, -0.1) is 0 Å². The molecule has 0 spiro atoms. The summed E-state index contributed by atoms with van der Waals surface area (Å²) in [6.45, 7) is 9.24. The Kier molecular flexibility index (Phi) is 6.87. The van der Waals surface area contributed by atoms with Gasteiger partial charge in [0.05, 0.1) is 19.0 Å². The van der Waals surface area contributed by atoms with Crippen molar-refractivity contribution in [2.24, 2.45) is 5.84 Å². The van der Waals surface area contributed by atoms with Gasteiger partial charge in [-0.1, -0.05) is 6.92 Å². The van der Waals surface area contributed by atoms with Gasteiger partial charge in [0.25, 0.3) is 0 Å². The van der Waals surface area contributed by atoms with Gasteiger partial charge in [-0.25, -0.2) is 8.42 Å². The Bertz CT molecular complexity index is 378. The van der Waals surface area contributed by atoms with Crippen LogP contribution in [0.3, 0.4) is 0 Å². The van der Waals surface area contributed by atoms with Gasteiger partial charge in [-0.2, -0.15) is 0 Å². The lowest BCUT2D eigenvalue weighted by Gasteiger charge is -2.45. The fourth-order valence-electron chi connectivity index (χ4n) is 2.65. The van der Waals surface area contributed by atoms with Gasteiger partial charge in [0.15, 0.2) is 0 Å². The second-order valence-electron chi connectivity index (χ2n) is 5.85. The normalized spacial score (nSPS) is 20.0. The molecule has 6 nitrogen and oxygen atoms in total. The Morgan fingerprint density at radius 3 is 2.45 bits per heavy atom. The molecule has 3 N–H and O–H groups in total. The van der Waals surface area contributed by atoms with E-state index in [2.05, 4.69) is 24.2 Å². The molecule has 0 aromatic heterocycles. The summed E-state index contributed by atoms with van der Waals surface area (Å²) in [5.74, 6) is 6.14. The molecule has 1 rings (SSSR count). The van der Waals surface area contributed by atoms with E-state index in [1.54, 1.807) is 6.92 Å². The maximum absolute atomic E-state index is 11.5. The molecule has 0 aromatic rings. The second-order valence-corrected chi connectivity index (χ2v) is 8.32. The van der Waals surface area contributed by atoms with Gasteiger partial charge in [0.1, 0.15) is 9.84 Å². The molecule has 1 saturated heterocycles. The summed E-state index contributed by atoms with van der Waals surface area (Å²) in [4.78, 5) is 2.36. The molecule has 1 fully saturated rings. The quantitative estimate of drug-likeness (QED) is 0.490. The van der Waals surface area contributed by atoms with E-state index < -0.39 is 9.84 Å². The van der Waals surface area contributed by atoms with E-state index in [9.17, 15) is 8.42 Å². The molecule has 0 aromatic carbocycles. The summed E-state index contributed by atoms with van der Waals surface area (Å²) in [5, 5.41) is 0. The Balaban J connectivity index is 2.55. The highest BCUT2D eigenvalue weighted by atomic mass is 32.2. The number of rotatable bonds is 8. The lowest BCUT2D eigenvalue weighted by molar-refractivity contribution is -0.0244. The summed E-state index contributed by atoms with van der Waals surface area (Å²) in [6, 6.07) is 0.0626. The van der Waals surface area contributed by atoms with Crippen LogP contribution >= 0.6 is 0 Å². The molecule has 0 radical (unpaired) electrons. The monoisotopic (exact) mass is 307 g/mol. The molecule has 120 valence electrons. The van der Waals surface area contributed by atoms with E-state index in [-0.39, 0.29) is 23.1 Å². The zero-order valence-corrected chi connectivity index (χ0v) is 13.7. The summed E-state index contributed by atoms with van der Waals surface area (Å²) >= 11 is 0. The molecule has 0 aliphatic carbocycles. The van der Waals surface area contributed by atoms with Crippen molar-refractivity contribution in [3.8, 4) is 0 Å². The number of hydrogen-bond acceptors (Lipinski definition) is 6. The summed E-state index contributed by atoms with van der Waals surface area (Å²) < 4.78 is 28.5. The first-order valence-electron chi connectivity index (χ1n) is 7.33. The van der Waals surface area contributed by atoms with Crippen molar-refractivity contribution in [2.45, 2.75) is 45.2 Å². The van der Waals surface area contributed by atoms with E-state index in [0.717, 1.165) is 32.7 Å². The van der Waals surface area contributed by atoms with Crippen molar-refractivity contribution in [1.29, 1.82) is 0 Å². The molecule has 0 bridgehead atoms. The van der Waals surface area contributed by atoms with Crippen molar-refractivity contribution in [2.75, 3.05) is 37.8 Å². The summed E-state index contributed by atoms with van der Waals surface area (Å²) in [6.07, 6.45) is 1.39. The van der Waals surface area contributed by atoms with E-state index >= 15 is 0 Å². The van der Waals surface area contributed by atoms with Crippen molar-refractivity contribution in [1.82, 2.24) is 10.3 Å². The van der Waals surface area contributed by atoms with Crippen LogP contribution < -0.4 is 11.3 Å². The van der Waals surface area contributed by atoms with Crippen LogP contribution in [0.5, 0.6) is 0 Å². The van der Waals surface area contributed by atoms with Crippen molar-refractivity contribution in [3.63, 3.8) is 0 Å². The largest absolute Gasteiger partial charge is 0.379 e. The fraction of sp³-hybridized carbons (Fsp3) is 1.00. The maximum Gasteiger partial charge on any atom is 0.150 e. The van der Waals surface area contributed by atoms with Gasteiger partial charge in [0, 0.05) is 30.4 Å². The van der Waals surface area contributed by atoms with E-state index in [0.29, 0.717) is 6.42 Å². The van der Waals surface area contributed by atoms with Gasteiger partial charge in [0.2, 0.25) is 0 Å². The average Bonchev–Trinajstić information content (AvgIpc) is 2.44. The first kappa shape index (κ1) is 17.8. The van der Waals surface area contributed by atoms with Crippen molar-refractivity contribution in [3.05, 3.63) is 0 Å². The van der Waals surface area contributed by atoms with Crippen LogP contribution in [0.4, 0.5) is 0 Å². The number of hydrogen-bond donors (Lipinski definition) is 2. The Morgan fingerprint density at radius 2 is 1.95 bits per heavy atom. The Labute approximate surface area is 122 Å². The third kappa shape index (κ3) is 4.96. The first-order chi connectivity index (χ1) is 9.33. The topological polar surface area (TPSA) is 84.7 Å². The molecule has 1 atom stereocenters. The minimum absolute atomic E-state index is 0.0626. The molecule has 1 heterocycles. The number of sulfone groups is 1. The molecule has 1 unspecified atom stereocenters. The van der Waals surface area contributed by atoms with E-state index in [1.165, 1.54) is 0 Å². The molecular formula is C13H29N3O3S. The van der Waals surface area contributed by atoms with Crippen LogP contribution in [0.2, 0.25) is 0 Å². The number of morpholine rings is 1. The Hall–Kier alpha value is -0.210. The van der Waals surface area contributed by atoms with Gasteiger partial charge in [-0.05, 0) is 26.7 Å². The van der Waals surface area contributed by atoms with Gasteiger partial charge >= 0.3 is 0 Å². The lowest BCUT2D eigenvalue weighted by atomic mass is 9.89. The Morgan fingerprint density at radius 1 is 1.35 bits per heavy atom. The van der Waals surface area contributed by atoms with Crippen LogP contribution in [0.25, 0.3) is 0 Å². The first-order valence-corrected chi connectivity index (χ1v) is 9.15. The lowest BCUT2D eigenvalue weighted by Crippen LogP contribution is -2.61. The SMILES string of the molecule is CCS(=O)(=O)CCCC(NN)C(C)(C)N1CCOCC1. The van der Waals surface area contributed by atoms with E-state index in [4.69, 9.17) is 10.6 Å². The predicted octanol–water partition coefficient (Wildman–Crippen LogP) is 0.144. The molecule has 0 saturated carbocycles. The maximum atomic E-state index is 11.5. The highest BCUT2D eigenvalue weighted by Gasteiger charge is 2.35. The third-order valence-corrected chi connectivity index (χ3v) is 6.06. The minimum Gasteiger partial charge on any atom is -0.379 e. The highest BCUT2D eigenvalue weighted by molar-refractivity contribution is 7.91. The summed E-state index contributed by atoms with van der Waals surface area (Å²) in [5.41, 5.74) is 2.75. The zero-order valence-electron chi connectivity index (χ0n) is 12.9. The molecule has 0 amide bonds. The number of nitrogens with one attached hydrogen (secondary N) is 1. The average molecular weight is 307 g/mol. The predicted molar refractivity (Wildman–Crippen MR) is 81.1 cm³/mol. The molecule has 1 aliphatic rings. The van der Waals surface area contributed by atoms with Crippen LogP contribution in [0.1, 0.15) is 33.6 Å². The fourth-order valence-corrected chi connectivity index (χ4v) is 3.55. The smallest absolute Gasteiger partial charge is 0.150 e. The van der Waals surface area contributed by atoms with E-state index in [1.807, 2.05) is 0 Å². The molecule has 1 aliphatic heterocycles.